The minimum Gasteiger partial charge on any atom is -0.396 e. The van der Waals surface area contributed by atoms with E-state index in [0.717, 1.165) is 44.6 Å². The number of rotatable bonds is 5. The van der Waals surface area contributed by atoms with Crippen molar-refractivity contribution in [2.45, 2.75) is 38.5 Å². The fraction of sp³-hybridized carbons (Fsp3) is 0.933. The summed E-state index contributed by atoms with van der Waals surface area (Å²) in [7, 11) is 2.16. The average molecular weight is 268 g/mol. The lowest BCUT2D eigenvalue weighted by Gasteiger charge is -2.26. The molecule has 1 unspecified atom stereocenters. The largest absolute Gasteiger partial charge is 0.396 e. The smallest absolute Gasteiger partial charge is 0.223 e. The molecule has 0 aromatic heterocycles. The molecule has 0 aromatic carbocycles. The maximum atomic E-state index is 12.0. The van der Waals surface area contributed by atoms with Gasteiger partial charge in [0.05, 0.1) is 0 Å². The highest BCUT2D eigenvalue weighted by Gasteiger charge is 2.26. The fourth-order valence-corrected chi connectivity index (χ4v) is 3.41. The van der Waals surface area contributed by atoms with Gasteiger partial charge in [-0.05, 0) is 64.0 Å². The van der Waals surface area contributed by atoms with Gasteiger partial charge in [-0.3, -0.25) is 4.79 Å². The van der Waals surface area contributed by atoms with E-state index in [-0.39, 0.29) is 18.4 Å². The van der Waals surface area contributed by atoms with Crippen LogP contribution in [0.1, 0.15) is 38.5 Å². The summed E-state index contributed by atoms with van der Waals surface area (Å²) in [6, 6.07) is 0. The van der Waals surface area contributed by atoms with Gasteiger partial charge in [0, 0.05) is 25.6 Å². The van der Waals surface area contributed by atoms with Crippen molar-refractivity contribution in [3.05, 3.63) is 0 Å². The molecule has 2 rings (SSSR count). The van der Waals surface area contributed by atoms with Gasteiger partial charge >= 0.3 is 0 Å². The van der Waals surface area contributed by atoms with Crippen LogP contribution in [-0.4, -0.2) is 49.2 Å². The topological polar surface area (TPSA) is 52.6 Å². The van der Waals surface area contributed by atoms with Crippen LogP contribution in [0.5, 0.6) is 0 Å². The first-order valence-corrected chi connectivity index (χ1v) is 7.76. The zero-order valence-electron chi connectivity index (χ0n) is 12.1. The second-order valence-electron chi connectivity index (χ2n) is 6.40. The summed E-state index contributed by atoms with van der Waals surface area (Å²) in [5, 5.41) is 12.2. The van der Waals surface area contributed by atoms with E-state index in [1.807, 2.05) is 0 Å². The third-order valence-corrected chi connectivity index (χ3v) is 4.82. The highest BCUT2D eigenvalue weighted by atomic mass is 16.3. The van der Waals surface area contributed by atoms with Crippen molar-refractivity contribution in [1.29, 1.82) is 0 Å². The van der Waals surface area contributed by atoms with Crippen molar-refractivity contribution in [3.8, 4) is 0 Å². The highest BCUT2D eigenvalue weighted by molar-refractivity contribution is 5.78. The molecule has 1 aliphatic heterocycles. The number of aliphatic hydroxyl groups is 1. The lowest BCUT2D eigenvalue weighted by Crippen LogP contribution is -2.34. The van der Waals surface area contributed by atoms with Crippen LogP contribution < -0.4 is 5.32 Å². The molecule has 1 aliphatic carbocycles. The zero-order valence-corrected chi connectivity index (χ0v) is 12.1. The van der Waals surface area contributed by atoms with Crippen LogP contribution in [-0.2, 0) is 4.79 Å². The van der Waals surface area contributed by atoms with Crippen molar-refractivity contribution in [1.82, 2.24) is 10.2 Å². The molecule has 0 bridgehead atoms. The molecule has 1 saturated heterocycles. The van der Waals surface area contributed by atoms with E-state index in [9.17, 15) is 4.79 Å². The lowest BCUT2D eigenvalue weighted by atomic mass is 9.82. The SMILES string of the molecule is CN1CCC(CCNC(=O)C2CCC(CO)CC2)C1. The van der Waals surface area contributed by atoms with Gasteiger partial charge in [-0.1, -0.05) is 0 Å². The fourth-order valence-electron chi connectivity index (χ4n) is 3.41. The number of hydrogen-bond acceptors (Lipinski definition) is 3. The minimum absolute atomic E-state index is 0.189. The van der Waals surface area contributed by atoms with Gasteiger partial charge < -0.3 is 15.3 Å². The second-order valence-corrected chi connectivity index (χ2v) is 6.40. The Morgan fingerprint density at radius 1 is 1.21 bits per heavy atom. The van der Waals surface area contributed by atoms with Gasteiger partial charge in [0.2, 0.25) is 5.91 Å². The molecule has 2 N–H and O–H groups in total. The number of nitrogens with one attached hydrogen (secondary N) is 1. The first kappa shape index (κ1) is 14.8. The Morgan fingerprint density at radius 3 is 2.53 bits per heavy atom. The van der Waals surface area contributed by atoms with E-state index in [1.54, 1.807) is 0 Å². The number of hydrogen-bond donors (Lipinski definition) is 2. The van der Waals surface area contributed by atoms with E-state index in [4.69, 9.17) is 5.11 Å². The molecule has 4 nitrogen and oxygen atoms in total. The molecule has 0 aromatic rings. The molecule has 110 valence electrons. The van der Waals surface area contributed by atoms with Crippen molar-refractivity contribution < 1.29 is 9.90 Å². The number of carbonyl (C=O) groups is 1. The molecular weight excluding hydrogens is 240 g/mol. The highest BCUT2D eigenvalue weighted by Crippen LogP contribution is 2.28. The summed E-state index contributed by atoms with van der Waals surface area (Å²) in [6.07, 6.45) is 6.28. The molecule has 2 aliphatic rings. The molecule has 2 fully saturated rings. The van der Waals surface area contributed by atoms with Crippen molar-refractivity contribution >= 4 is 5.91 Å². The van der Waals surface area contributed by atoms with Crippen molar-refractivity contribution in [2.75, 3.05) is 33.3 Å². The maximum absolute atomic E-state index is 12.0. The Kier molecular flexibility index (Phi) is 5.64. The Balaban J connectivity index is 1.59. The van der Waals surface area contributed by atoms with Crippen LogP contribution in [0.3, 0.4) is 0 Å². The predicted molar refractivity (Wildman–Crippen MR) is 75.8 cm³/mol. The monoisotopic (exact) mass is 268 g/mol. The molecule has 4 heteroatoms. The molecule has 1 atom stereocenters. The predicted octanol–water partition coefficient (Wildman–Crippen LogP) is 1.24. The van der Waals surface area contributed by atoms with Gasteiger partial charge in [0.25, 0.3) is 0 Å². The number of amides is 1. The number of carbonyl (C=O) groups excluding carboxylic acids is 1. The number of likely N-dealkylation sites (tertiary alicyclic amines) is 1. The van der Waals surface area contributed by atoms with Crippen LogP contribution in [0.2, 0.25) is 0 Å². The number of nitrogens with zero attached hydrogens (tertiary/aromatic N) is 1. The standard InChI is InChI=1S/C15H28N2O2/c1-17-9-7-12(10-17)6-8-16-15(19)14-4-2-13(11-18)3-5-14/h12-14,18H,2-11H2,1H3,(H,16,19). The van der Waals surface area contributed by atoms with Gasteiger partial charge in [-0.15, -0.1) is 0 Å². The summed E-state index contributed by atoms with van der Waals surface area (Å²) >= 11 is 0. The number of aliphatic hydroxyl groups excluding tert-OH is 1. The summed E-state index contributed by atoms with van der Waals surface area (Å²) in [4.78, 5) is 14.4. The van der Waals surface area contributed by atoms with Crippen molar-refractivity contribution in [2.24, 2.45) is 17.8 Å². The average Bonchev–Trinajstić information content (AvgIpc) is 2.84. The molecule has 1 amide bonds. The normalized spacial score (nSPS) is 32.4. The minimum atomic E-state index is 0.189. The summed E-state index contributed by atoms with van der Waals surface area (Å²) in [5.41, 5.74) is 0. The van der Waals surface area contributed by atoms with E-state index < -0.39 is 0 Å². The van der Waals surface area contributed by atoms with Crippen LogP contribution in [0.15, 0.2) is 0 Å². The summed E-state index contributed by atoms with van der Waals surface area (Å²) < 4.78 is 0. The molecule has 19 heavy (non-hydrogen) atoms. The molecule has 1 saturated carbocycles. The van der Waals surface area contributed by atoms with Gasteiger partial charge in [-0.2, -0.15) is 0 Å². The van der Waals surface area contributed by atoms with Gasteiger partial charge in [0.15, 0.2) is 0 Å². The summed E-state index contributed by atoms with van der Waals surface area (Å²) in [5.74, 6) is 1.62. The lowest BCUT2D eigenvalue weighted by molar-refractivity contribution is -0.126. The first-order valence-electron chi connectivity index (χ1n) is 7.76. The maximum Gasteiger partial charge on any atom is 0.223 e. The molecule has 0 radical (unpaired) electrons. The van der Waals surface area contributed by atoms with Crippen molar-refractivity contribution in [3.63, 3.8) is 0 Å². The Hall–Kier alpha value is -0.610. The van der Waals surface area contributed by atoms with Crippen LogP contribution in [0.25, 0.3) is 0 Å². The Labute approximate surface area is 116 Å². The van der Waals surface area contributed by atoms with Gasteiger partial charge in [0.1, 0.15) is 0 Å². The summed E-state index contributed by atoms with van der Waals surface area (Å²) in [6.45, 7) is 3.49. The molecule has 1 heterocycles. The third-order valence-electron chi connectivity index (χ3n) is 4.82. The zero-order chi connectivity index (χ0) is 13.7. The van der Waals surface area contributed by atoms with E-state index in [2.05, 4.69) is 17.3 Å². The Bertz CT molecular complexity index is 288. The van der Waals surface area contributed by atoms with Gasteiger partial charge in [-0.25, -0.2) is 0 Å². The van der Waals surface area contributed by atoms with Crippen LogP contribution in [0, 0.1) is 17.8 Å². The third kappa shape index (κ3) is 4.46. The van der Waals surface area contributed by atoms with E-state index >= 15 is 0 Å². The van der Waals surface area contributed by atoms with Crippen LogP contribution >= 0.6 is 0 Å². The van der Waals surface area contributed by atoms with E-state index in [0.29, 0.717) is 5.92 Å². The molecular formula is C15H28N2O2. The van der Waals surface area contributed by atoms with E-state index in [1.165, 1.54) is 19.5 Å². The quantitative estimate of drug-likeness (QED) is 0.789. The molecule has 0 spiro atoms. The Morgan fingerprint density at radius 2 is 1.95 bits per heavy atom. The van der Waals surface area contributed by atoms with Crippen LogP contribution in [0.4, 0.5) is 0 Å². The first-order chi connectivity index (χ1) is 9.19. The second kappa shape index (κ2) is 7.25.